The fourth-order valence-corrected chi connectivity index (χ4v) is 5.75. The van der Waals surface area contributed by atoms with Gasteiger partial charge in [-0.05, 0) is 55.3 Å². The second-order valence-corrected chi connectivity index (χ2v) is 12.9. The van der Waals surface area contributed by atoms with Crippen LogP contribution in [-0.4, -0.2) is 57.1 Å². The molecular weight excluding hydrogens is 609 g/mol. The average molecular weight is 641 g/mol. The highest BCUT2D eigenvalue weighted by Gasteiger charge is 2.33. The first kappa shape index (κ1) is 32.5. The lowest BCUT2D eigenvalue weighted by Gasteiger charge is -2.34. The third-order valence-corrected chi connectivity index (χ3v) is 8.18. The first-order chi connectivity index (χ1) is 19.3. The Balaban J connectivity index is 2.09. The Morgan fingerprint density at radius 3 is 2.20 bits per heavy atom. The van der Waals surface area contributed by atoms with E-state index in [0.717, 1.165) is 16.1 Å². The minimum absolute atomic E-state index is 0.0706. The first-order valence-corrected chi connectivity index (χ1v) is 15.7. The number of ether oxygens (including phenoxy) is 1. The number of benzene rings is 3. The normalized spacial score (nSPS) is 12.1. The van der Waals surface area contributed by atoms with Crippen molar-refractivity contribution in [2.45, 2.75) is 38.9 Å². The van der Waals surface area contributed by atoms with Crippen LogP contribution in [0.15, 0.2) is 66.7 Å². The van der Waals surface area contributed by atoms with Crippen molar-refractivity contribution >= 4 is 62.3 Å². The van der Waals surface area contributed by atoms with Gasteiger partial charge in [-0.3, -0.25) is 13.9 Å². The van der Waals surface area contributed by atoms with Crippen molar-refractivity contribution in [3.05, 3.63) is 92.9 Å². The van der Waals surface area contributed by atoms with E-state index >= 15 is 0 Å². The van der Waals surface area contributed by atoms with Crippen LogP contribution < -0.4 is 14.4 Å². The van der Waals surface area contributed by atoms with Gasteiger partial charge in [-0.25, -0.2) is 8.42 Å². The highest BCUT2D eigenvalue weighted by molar-refractivity contribution is 7.92. The van der Waals surface area contributed by atoms with Crippen molar-refractivity contribution in [2.24, 2.45) is 0 Å². The summed E-state index contributed by atoms with van der Waals surface area (Å²) in [5.74, 6) is -0.656. The molecule has 0 aliphatic heterocycles. The fourth-order valence-electron chi connectivity index (χ4n) is 4.19. The van der Waals surface area contributed by atoms with E-state index in [1.807, 2.05) is 44.2 Å². The maximum Gasteiger partial charge on any atom is 0.244 e. The summed E-state index contributed by atoms with van der Waals surface area (Å²) in [5.41, 5.74) is 1.53. The largest absolute Gasteiger partial charge is 0.495 e. The molecule has 0 spiro atoms. The number of halogens is 3. The smallest absolute Gasteiger partial charge is 0.244 e. The van der Waals surface area contributed by atoms with Crippen LogP contribution in [-0.2, 0) is 32.6 Å². The van der Waals surface area contributed by atoms with Crippen molar-refractivity contribution in [3.8, 4) is 5.75 Å². The van der Waals surface area contributed by atoms with Crippen LogP contribution in [0.5, 0.6) is 5.75 Å². The van der Waals surface area contributed by atoms with E-state index in [1.165, 1.54) is 30.2 Å². The van der Waals surface area contributed by atoms with Gasteiger partial charge in [0.15, 0.2) is 0 Å². The minimum Gasteiger partial charge on any atom is -0.495 e. The Labute approximate surface area is 256 Å². The molecular formula is C29H32Cl3N3O5S. The van der Waals surface area contributed by atoms with Crippen molar-refractivity contribution in [1.82, 2.24) is 10.2 Å². The van der Waals surface area contributed by atoms with Crippen LogP contribution in [0.3, 0.4) is 0 Å². The molecule has 0 fully saturated rings. The van der Waals surface area contributed by atoms with Crippen LogP contribution in [0.25, 0.3) is 0 Å². The molecule has 0 aromatic heterocycles. The molecule has 3 rings (SSSR count). The highest BCUT2D eigenvalue weighted by atomic mass is 35.5. The molecule has 3 aromatic rings. The number of sulfonamides is 1. The fraction of sp³-hybridized carbons (Fsp3) is 0.310. The van der Waals surface area contributed by atoms with Crippen LogP contribution in [0.4, 0.5) is 5.69 Å². The van der Waals surface area contributed by atoms with E-state index in [1.54, 1.807) is 18.2 Å². The maximum absolute atomic E-state index is 14.1. The summed E-state index contributed by atoms with van der Waals surface area (Å²) >= 11 is 18.8. The molecule has 2 amide bonds. The van der Waals surface area contributed by atoms with Crippen LogP contribution in [0, 0.1) is 0 Å². The summed E-state index contributed by atoms with van der Waals surface area (Å²) < 4.78 is 31.9. The average Bonchev–Trinajstić information content (AvgIpc) is 2.89. The second kappa shape index (κ2) is 14.3. The summed E-state index contributed by atoms with van der Waals surface area (Å²) in [4.78, 5) is 29.0. The molecule has 0 saturated heterocycles. The molecule has 220 valence electrons. The molecule has 0 radical (unpaired) electrons. The van der Waals surface area contributed by atoms with Crippen molar-refractivity contribution < 1.29 is 22.7 Å². The van der Waals surface area contributed by atoms with Crippen molar-refractivity contribution in [1.29, 1.82) is 0 Å². The number of carbonyl (C=O) groups is 2. The van der Waals surface area contributed by atoms with Gasteiger partial charge in [0, 0.05) is 29.1 Å². The summed E-state index contributed by atoms with van der Waals surface area (Å²) in [6.45, 7) is 2.97. The molecule has 1 N–H and O–H groups in total. The molecule has 0 bridgehead atoms. The number of amides is 2. The maximum atomic E-state index is 14.1. The molecule has 3 aromatic carbocycles. The molecule has 8 nitrogen and oxygen atoms in total. The zero-order chi connectivity index (χ0) is 30.3. The lowest BCUT2D eigenvalue weighted by Crippen LogP contribution is -2.54. The summed E-state index contributed by atoms with van der Waals surface area (Å²) in [6, 6.07) is 17.3. The highest BCUT2D eigenvalue weighted by Crippen LogP contribution is 2.31. The quantitative estimate of drug-likeness (QED) is 0.279. The molecule has 0 heterocycles. The lowest BCUT2D eigenvalue weighted by atomic mass is 10.0. The number of carbonyl (C=O) groups excluding carboxylic acids is 2. The molecule has 0 aliphatic carbocycles. The van der Waals surface area contributed by atoms with Crippen LogP contribution in [0.2, 0.25) is 15.1 Å². The van der Waals surface area contributed by atoms with Gasteiger partial charge in [0.25, 0.3) is 0 Å². The Bertz CT molecular complexity index is 1490. The Hall–Kier alpha value is -2.98. The third kappa shape index (κ3) is 9.00. The summed E-state index contributed by atoms with van der Waals surface area (Å²) in [6.07, 6.45) is 1.18. The van der Waals surface area contributed by atoms with Gasteiger partial charge in [-0.1, -0.05) is 71.2 Å². The Morgan fingerprint density at radius 2 is 1.63 bits per heavy atom. The number of methoxy groups -OCH3 is 1. The van der Waals surface area contributed by atoms with E-state index in [-0.39, 0.29) is 35.6 Å². The van der Waals surface area contributed by atoms with E-state index in [4.69, 9.17) is 39.5 Å². The Morgan fingerprint density at radius 1 is 0.951 bits per heavy atom. The number of nitrogens with zero attached hydrogens (tertiary/aromatic N) is 2. The predicted molar refractivity (Wildman–Crippen MR) is 164 cm³/mol. The van der Waals surface area contributed by atoms with Gasteiger partial charge in [-0.2, -0.15) is 0 Å². The predicted octanol–water partition coefficient (Wildman–Crippen LogP) is 5.59. The minimum atomic E-state index is -3.95. The SMILES string of the molecule is COc1ccc(N(CC(=O)N(Cc2ccc(Cl)cc2Cl)[C@@H](Cc2ccccc2)C(=O)NC(C)C)S(C)(=O)=O)cc1Cl. The third-order valence-electron chi connectivity index (χ3n) is 6.16. The number of hydrogen-bond acceptors (Lipinski definition) is 5. The van der Waals surface area contributed by atoms with E-state index in [2.05, 4.69) is 5.32 Å². The molecule has 12 heteroatoms. The number of nitrogens with one attached hydrogen (secondary N) is 1. The molecule has 41 heavy (non-hydrogen) atoms. The van der Waals surface area contributed by atoms with E-state index in [9.17, 15) is 18.0 Å². The van der Waals surface area contributed by atoms with Crippen molar-refractivity contribution in [3.63, 3.8) is 0 Å². The lowest BCUT2D eigenvalue weighted by molar-refractivity contribution is -0.140. The zero-order valence-corrected chi connectivity index (χ0v) is 26.2. The van der Waals surface area contributed by atoms with E-state index in [0.29, 0.717) is 21.4 Å². The van der Waals surface area contributed by atoms with Crippen LogP contribution >= 0.6 is 34.8 Å². The summed E-state index contributed by atoms with van der Waals surface area (Å²) in [5, 5.41) is 3.79. The topological polar surface area (TPSA) is 96.0 Å². The van der Waals surface area contributed by atoms with Gasteiger partial charge in [0.1, 0.15) is 18.3 Å². The molecule has 0 aliphatic rings. The monoisotopic (exact) mass is 639 g/mol. The van der Waals surface area contributed by atoms with Crippen molar-refractivity contribution in [2.75, 3.05) is 24.2 Å². The zero-order valence-electron chi connectivity index (χ0n) is 23.1. The summed E-state index contributed by atoms with van der Waals surface area (Å²) in [7, 11) is -2.51. The second-order valence-electron chi connectivity index (χ2n) is 9.71. The number of anilines is 1. The Kier molecular flexibility index (Phi) is 11.3. The molecule has 0 unspecified atom stereocenters. The molecule has 1 atom stereocenters. The number of rotatable bonds is 12. The molecule has 0 saturated carbocycles. The van der Waals surface area contributed by atoms with E-state index < -0.39 is 28.5 Å². The van der Waals surface area contributed by atoms with Crippen LogP contribution in [0.1, 0.15) is 25.0 Å². The van der Waals surface area contributed by atoms with Gasteiger partial charge < -0.3 is 15.0 Å². The van der Waals surface area contributed by atoms with Gasteiger partial charge in [0.05, 0.1) is 24.1 Å². The number of hydrogen-bond donors (Lipinski definition) is 1. The standard InChI is InChI=1S/C29H32Cl3N3O5S/c1-19(2)33-29(37)26(14-20-8-6-5-7-9-20)34(17-21-10-11-22(30)15-24(21)31)28(36)18-35(41(4,38)39)23-12-13-27(40-3)25(32)16-23/h5-13,15-16,19,26H,14,17-18H2,1-4H3,(H,33,37)/t26-/m0/s1. The van der Waals surface area contributed by atoms with Gasteiger partial charge in [-0.15, -0.1) is 0 Å². The first-order valence-electron chi connectivity index (χ1n) is 12.7. The van der Waals surface area contributed by atoms with Gasteiger partial charge >= 0.3 is 0 Å². The van der Waals surface area contributed by atoms with Gasteiger partial charge in [0.2, 0.25) is 21.8 Å².